The first-order valence-corrected chi connectivity index (χ1v) is 6.21. The van der Waals surface area contributed by atoms with Crippen LogP contribution in [0.5, 0.6) is 0 Å². The molecule has 1 rings (SSSR count). The van der Waals surface area contributed by atoms with Crippen LogP contribution in [0.2, 0.25) is 0 Å². The molecule has 0 bridgehead atoms. The van der Waals surface area contributed by atoms with Gasteiger partial charge in [-0.05, 0) is 6.42 Å². The Labute approximate surface area is 84.0 Å². The molecule has 1 unspecified atom stereocenters. The van der Waals surface area contributed by atoms with E-state index in [4.69, 9.17) is 10.00 Å². The van der Waals surface area contributed by atoms with E-state index in [1.54, 1.807) is 7.11 Å². The second-order valence-corrected chi connectivity index (χ2v) is 5.64. The van der Waals surface area contributed by atoms with E-state index in [0.29, 0.717) is 19.6 Å². The van der Waals surface area contributed by atoms with Gasteiger partial charge in [-0.25, -0.2) is 8.42 Å². The minimum absolute atomic E-state index is 0.0831. The van der Waals surface area contributed by atoms with Crippen molar-refractivity contribution in [1.82, 2.24) is 5.32 Å². The zero-order valence-corrected chi connectivity index (χ0v) is 8.93. The minimum atomic E-state index is -3.03. The monoisotopic (exact) mass is 218 g/mol. The summed E-state index contributed by atoms with van der Waals surface area (Å²) in [5.74, 6) is 0.0146. The number of hydrogen-bond acceptors (Lipinski definition) is 5. The molecule has 0 amide bonds. The molecular weight excluding hydrogens is 204 g/mol. The normalized spacial score (nSPS) is 30.0. The molecule has 0 saturated carbocycles. The smallest absolute Gasteiger partial charge is 0.153 e. The summed E-state index contributed by atoms with van der Waals surface area (Å²) in [5.41, 5.74) is -0.892. The average Bonchev–Trinajstić information content (AvgIpc) is 2.44. The van der Waals surface area contributed by atoms with E-state index in [1.165, 1.54) is 0 Å². The van der Waals surface area contributed by atoms with Gasteiger partial charge in [0.1, 0.15) is 5.54 Å². The maximum absolute atomic E-state index is 11.2. The third-order valence-corrected chi connectivity index (χ3v) is 4.05. The Kier molecular flexibility index (Phi) is 3.48. The second-order valence-electron chi connectivity index (χ2n) is 3.46. The molecule has 1 aliphatic rings. The Morgan fingerprint density at radius 3 is 2.79 bits per heavy atom. The number of rotatable bonds is 4. The first-order chi connectivity index (χ1) is 6.54. The Bertz CT molecular complexity index is 333. The van der Waals surface area contributed by atoms with Crippen molar-refractivity contribution in [3.63, 3.8) is 0 Å². The highest BCUT2D eigenvalue weighted by Crippen LogP contribution is 2.22. The highest BCUT2D eigenvalue weighted by Gasteiger charge is 2.42. The summed E-state index contributed by atoms with van der Waals surface area (Å²) in [5, 5.41) is 11.9. The standard InChI is InChI=1S/C8H14N2O3S/c1-13-4-3-10-8(6-9)2-5-14(11,12)7-8/h10H,2-5,7H2,1H3. The van der Waals surface area contributed by atoms with Gasteiger partial charge in [0.25, 0.3) is 0 Å². The van der Waals surface area contributed by atoms with E-state index in [0.717, 1.165) is 0 Å². The third kappa shape index (κ3) is 2.67. The Morgan fingerprint density at radius 2 is 2.36 bits per heavy atom. The highest BCUT2D eigenvalue weighted by atomic mass is 32.2. The van der Waals surface area contributed by atoms with Gasteiger partial charge in [-0.1, -0.05) is 0 Å². The molecule has 0 aromatic carbocycles. The van der Waals surface area contributed by atoms with E-state index in [-0.39, 0.29) is 11.5 Å². The number of ether oxygens (including phenoxy) is 1. The molecule has 1 atom stereocenters. The molecule has 5 nitrogen and oxygen atoms in total. The fourth-order valence-corrected chi connectivity index (χ4v) is 3.37. The van der Waals surface area contributed by atoms with E-state index in [2.05, 4.69) is 5.32 Å². The van der Waals surface area contributed by atoms with Crippen LogP contribution >= 0.6 is 0 Å². The molecule has 1 N–H and O–H groups in total. The van der Waals surface area contributed by atoms with Gasteiger partial charge in [-0.2, -0.15) is 5.26 Å². The molecule has 14 heavy (non-hydrogen) atoms. The van der Waals surface area contributed by atoms with Crippen molar-refractivity contribution in [1.29, 1.82) is 5.26 Å². The topological polar surface area (TPSA) is 79.2 Å². The molecule has 1 saturated heterocycles. The summed E-state index contributed by atoms with van der Waals surface area (Å²) < 4.78 is 27.3. The zero-order chi connectivity index (χ0) is 10.7. The summed E-state index contributed by atoms with van der Waals surface area (Å²) in [7, 11) is -1.47. The van der Waals surface area contributed by atoms with Crippen molar-refractivity contribution >= 4 is 9.84 Å². The maximum atomic E-state index is 11.2. The molecule has 0 aromatic rings. The molecule has 0 aromatic heterocycles. The predicted octanol–water partition coefficient (Wildman–Crippen LogP) is -0.697. The Hall–Kier alpha value is -0.640. The summed E-state index contributed by atoms with van der Waals surface area (Å²) in [6.45, 7) is 0.975. The van der Waals surface area contributed by atoms with Crippen molar-refractivity contribution in [3.8, 4) is 6.07 Å². The van der Waals surface area contributed by atoms with Gasteiger partial charge < -0.3 is 4.74 Å². The number of nitrogens with one attached hydrogen (secondary N) is 1. The average molecular weight is 218 g/mol. The molecule has 1 fully saturated rings. The number of nitriles is 1. The molecule has 1 heterocycles. The summed E-state index contributed by atoms with van der Waals surface area (Å²) >= 11 is 0. The first-order valence-electron chi connectivity index (χ1n) is 4.39. The fraction of sp³-hybridized carbons (Fsp3) is 0.875. The lowest BCUT2D eigenvalue weighted by molar-refractivity contribution is 0.192. The van der Waals surface area contributed by atoms with E-state index in [1.807, 2.05) is 6.07 Å². The van der Waals surface area contributed by atoms with E-state index < -0.39 is 15.4 Å². The largest absolute Gasteiger partial charge is 0.383 e. The second kappa shape index (κ2) is 4.26. The number of methoxy groups -OCH3 is 1. The Morgan fingerprint density at radius 1 is 1.64 bits per heavy atom. The number of nitrogens with zero attached hydrogens (tertiary/aromatic N) is 1. The van der Waals surface area contributed by atoms with Crippen molar-refractivity contribution in [3.05, 3.63) is 0 Å². The summed E-state index contributed by atoms with van der Waals surface area (Å²) in [6, 6.07) is 2.05. The Balaban J connectivity index is 2.58. The van der Waals surface area contributed by atoms with Crippen LogP contribution in [0.3, 0.4) is 0 Å². The van der Waals surface area contributed by atoms with Crippen molar-refractivity contribution in [2.24, 2.45) is 0 Å². The van der Waals surface area contributed by atoms with Crippen molar-refractivity contribution in [2.45, 2.75) is 12.0 Å². The SMILES string of the molecule is COCCNC1(C#N)CCS(=O)(=O)C1. The number of hydrogen-bond donors (Lipinski definition) is 1. The highest BCUT2D eigenvalue weighted by molar-refractivity contribution is 7.91. The minimum Gasteiger partial charge on any atom is -0.383 e. The maximum Gasteiger partial charge on any atom is 0.153 e. The molecule has 6 heteroatoms. The van der Waals surface area contributed by atoms with E-state index in [9.17, 15) is 8.42 Å². The lowest BCUT2D eigenvalue weighted by Crippen LogP contribution is -2.46. The predicted molar refractivity (Wildman–Crippen MR) is 51.5 cm³/mol. The molecule has 0 aliphatic carbocycles. The van der Waals surface area contributed by atoms with Crippen molar-refractivity contribution in [2.75, 3.05) is 31.8 Å². The summed E-state index contributed by atoms with van der Waals surface area (Å²) in [4.78, 5) is 0. The van der Waals surface area contributed by atoms with Crippen LogP contribution in [0, 0.1) is 11.3 Å². The van der Waals surface area contributed by atoms with Gasteiger partial charge in [0, 0.05) is 13.7 Å². The summed E-state index contributed by atoms with van der Waals surface area (Å²) in [6.07, 6.45) is 0.371. The number of sulfone groups is 1. The van der Waals surface area contributed by atoms with Gasteiger partial charge >= 0.3 is 0 Å². The van der Waals surface area contributed by atoms with Crippen LogP contribution in [0.4, 0.5) is 0 Å². The van der Waals surface area contributed by atoms with Gasteiger partial charge in [-0.15, -0.1) is 0 Å². The molecular formula is C8H14N2O3S. The van der Waals surface area contributed by atoms with Crippen LogP contribution in [-0.4, -0.2) is 45.7 Å². The van der Waals surface area contributed by atoms with E-state index >= 15 is 0 Å². The van der Waals surface area contributed by atoms with Crippen LogP contribution in [0.25, 0.3) is 0 Å². The van der Waals surface area contributed by atoms with Gasteiger partial charge in [-0.3, -0.25) is 5.32 Å². The molecule has 1 aliphatic heterocycles. The molecule has 80 valence electrons. The zero-order valence-electron chi connectivity index (χ0n) is 8.12. The lowest BCUT2D eigenvalue weighted by Gasteiger charge is -2.20. The van der Waals surface area contributed by atoms with Crippen molar-refractivity contribution < 1.29 is 13.2 Å². The van der Waals surface area contributed by atoms with Gasteiger partial charge in [0.2, 0.25) is 0 Å². The molecule has 0 radical (unpaired) electrons. The van der Waals surface area contributed by atoms with Crippen LogP contribution in [0.1, 0.15) is 6.42 Å². The van der Waals surface area contributed by atoms with Gasteiger partial charge in [0.15, 0.2) is 9.84 Å². The molecule has 0 spiro atoms. The van der Waals surface area contributed by atoms with Crippen LogP contribution < -0.4 is 5.32 Å². The lowest BCUT2D eigenvalue weighted by atomic mass is 10.0. The third-order valence-electron chi connectivity index (χ3n) is 2.29. The fourth-order valence-electron chi connectivity index (χ4n) is 1.51. The van der Waals surface area contributed by atoms with Crippen LogP contribution in [0.15, 0.2) is 0 Å². The van der Waals surface area contributed by atoms with Gasteiger partial charge in [0.05, 0.1) is 24.2 Å². The first kappa shape index (κ1) is 11.4. The van der Waals surface area contributed by atoms with Crippen LogP contribution in [-0.2, 0) is 14.6 Å². The quantitative estimate of drug-likeness (QED) is 0.631.